The minimum absolute atomic E-state index is 0.604. The molecular weight excluding hydrogens is 304 g/mol. The molecule has 96 valence electrons. The predicted molar refractivity (Wildman–Crippen MR) is 80.0 cm³/mol. The van der Waals surface area contributed by atoms with Crippen LogP contribution in [0.4, 0.5) is 5.82 Å². The van der Waals surface area contributed by atoms with Gasteiger partial charge in [-0.15, -0.1) is 0 Å². The third-order valence-electron chi connectivity index (χ3n) is 3.09. The first-order valence-corrected chi connectivity index (χ1v) is 6.72. The number of aryl methyl sites for hydroxylation is 2. The number of halogens is 1. The van der Waals surface area contributed by atoms with Gasteiger partial charge in [0.1, 0.15) is 17.2 Å². The van der Waals surface area contributed by atoms with Crippen molar-refractivity contribution in [2.45, 2.75) is 13.8 Å². The van der Waals surface area contributed by atoms with Crippen molar-refractivity contribution in [1.29, 1.82) is 0 Å². The van der Waals surface area contributed by atoms with Crippen LogP contribution in [-0.2, 0) is 0 Å². The molecule has 0 aliphatic carbocycles. The van der Waals surface area contributed by atoms with Crippen LogP contribution in [0.5, 0.6) is 0 Å². The molecule has 0 atom stereocenters. The van der Waals surface area contributed by atoms with E-state index in [0.717, 1.165) is 32.6 Å². The molecule has 0 unspecified atom stereocenters. The standard InChI is InChI=1S/C14H13BrN4/c1-8-3-4-11(17-6-8)13-14(16)19-7-10(15)9(2)5-12(19)18-13/h3-7H,16H2,1-2H3. The lowest BCUT2D eigenvalue weighted by molar-refractivity contribution is 1.16. The molecule has 2 N–H and O–H groups in total. The number of anilines is 1. The topological polar surface area (TPSA) is 56.2 Å². The number of pyridine rings is 2. The van der Waals surface area contributed by atoms with Gasteiger partial charge in [0.2, 0.25) is 0 Å². The van der Waals surface area contributed by atoms with E-state index < -0.39 is 0 Å². The molecule has 3 rings (SSSR count). The maximum absolute atomic E-state index is 6.17. The Balaban J connectivity index is 2.25. The Labute approximate surface area is 119 Å². The zero-order valence-corrected chi connectivity index (χ0v) is 12.3. The van der Waals surface area contributed by atoms with Crippen LogP contribution in [0.15, 0.2) is 35.1 Å². The van der Waals surface area contributed by atoms with Gasteiger partial charge in [0.25, 0.3) is 0 Å². The van der Waals surface area contributed by atoms with E-state index in [1.54, 1.807) is 0 Å². The summed E-state index contributed by atoms with van der Waals surface area (Å²) in [4.78, 5) is 8.95. The van der Waals surface area contributed by atoms with Crippen molar-refractivity contribution in [2.75, 3.05) is 5.73 Å². The van der Waals surface area contributed by atoms with Crippen LogP contribution >= 0.6 is 15.9 Å². The molecule has 0 amide bonds. The molecule has 4 nitrogen and oxygen atoms in total. The quantitative estimate of drug-likeness (QED) is 0.749. The summed E-state index contributed by atoms with van der Waals surface area (Å²) in [6, 6.07) is 5.94. The molecule has 19 heavy (non-hydrogen) atoms. The monoisotopic (exact) mass is 316 g/mol. The van der Waals surface area contributed by atoms with E-state index in [1.807, 2.05) is 48.8 Å². The molecule has 0 bridgehead atoms. The van der Waals surface area contributed by atoms with Gasteiger partial charge in [-0.05, 0) is 53.0 Å². The summed E-state index contributed by atoms with van der Waals surface area (Å²) >= 11 is 3.51. The van der Waals surface area contributed by atoms with Crippen molar-refractivity contribution in [1.82, 2.24) is 14.4 Å². The minimum atomic E-state index is 0.604. The maximum atomic E-state index is 6.17. The Morgan fingerprint density at radius 1 is 1.26 bits per heavy atom. The summed E-state index contributed by atoms with van der Waals surface area (Å²) in [6.45, 7) is 4.03. The summed E-state index contributed by atoms with van der Waals surface area (Å²) in [5.41, 5.74) is 10.8. The Bertz CT molecular complexity index is 759. The molecule has 0 aliphatic rings. The SMILES string of the molecule is Cc1ccc(-c2nc3cc(C)c(Br)cn3c2N)nc1. The van der Waals surface area contributed by atoms with Gasteiger partial charge < -0.3 is 5.73 Å². The van der Waals surface area contributed by atoms with E-state index in [2.05, 4.69) is 25.9 Å². The second-order valence-corrected chi connectivity index (χ2v) is 5.45. The zero-order chi connectivity index (χ0) is 13.6. The van der Waals surface area contributed by atoms with E-state index in [1.165, 1.54) is 0 Å². The van der Waals surface area contributed by atoms with Crippen LogP contribution < -0.4 is 5.73 Å². The predicted octanol–water partition coefficient (Wildman–Crippen LogP) is 3.36. The van der Waals surface area contributed by atoms with E-state index in [-0.39, 0.29) is 0 Å². The van der Waals surface area contributed by atoms with Gasteiger partial charge in [0, 0.05) is 16.9 Å². The molecule has 0 radical (unpaired) electrons. The molecule has 0 fully saturated rings. The highest BCUT2D eigenvalue weighted by Crippen LogP contribution is 2.27. The van der Waals surface area contributed by atoms with Crippen LogP contribution in [0.1, 0.15) is 11.1 Å². The van der Waals surface area contributed by atoms with Gasteiger partial charge in [-0.3, -0.25) is 9.38 Å². The number of aromatic nitrogens is 3. The van der Waals surface area contributed by atoms with Gasteiger partial charge >= 0.3 is 0 Å². The number of imidazole rings is 1. The Morgan fingerprint density at radius 2 is 2.05 bits per heavy atom. The minimum Gasteiger partial charge on any atom is -0.383 e. The summed E-state index contributed by atoms with van der Waals surface area (Å²) < 4.78 is 2.88. The molecule has 3 aromatic rings. The molecule has 0 saturated carbocycles. The van der Waals surface area contributed by atoms with E-state index in [0.29, 0.717) is 5.82 Å². The largest absolute Gasteiger partial charge is 0.383 e. The molecule has 3 heterocycles. The van der Waals surface area contributed by atoms with E-state index in [9.17, 15) is 0 Å². The van der Waals surface area contributed by atoms with Gasteiger partial charge in [0.15, 0.2) is 0 Å². The number of hydrogen-bond donors (Lipinski definition) is 1. The first-order valence-electron chi connectivity index (χ1n) is 5.93. The Kier molecular flexibility index (Phi) is 2.78. The van der Waals surface area contributed by atoms with Crippen LogP contribution in [-0.4, -0.2) is 14.4 Å². The van der Waals surface area contributed by atoms with Crippen LogP contribution in [0.2, 0.25) is 0 Å². The van der Waals surface area contributed by atoms with E-state index in [4.69, 9.17) is 5.73 Å². The van der Waals surface area contributed by atoms with E-state index >= 15 is 0 Å². The fourth-order valence-corrected chi connectivity index (χ4v) is 2.29. The number of nitrogen functional groups attached to an aromatic ring is 1. The number of nitrogens with zero attached hydrogens (tertiary/aromatic N) is 3. The summed E-state index contributed by atoms with van der Waals surface area (Å²) in [5, 5.41) is 0. The molecule has 0 aromatic carbocycles. The van der Waals surface area contributed by atoms with Crippen LogP contribution in [0, 0.1) is 13.8 Å². The molecule has 0 saturated heterocycles. The summed E-state index contributed by atoms with van der Waals surface area (Å²) in [5.74, 6) is 0.604. The molecule has 0 aliphatic heterocycles. The zero-order valence-electron chi connectivity index (χ0n) is 10.7. The van der Waals surface area contributed by atoms with Crippen molar-refractivity contribution < 1.29 is 0 Å². The first kappa shape index (κ1) is 12.2. The molecular formula is C14H13BrN4. The highest BCUT2D eigenvalue weighted by atomic mass is 79.9. The van der Waals surface area contributed by atoms with Crippen LogP contribution in [0.25, 0.3) is 17.0 Å². The number of nitrogens with two attached hydrogens (primary N) is 1. The highest BCUT2D eigenvalue weighted by molar-refractivity contribution is 9.10. The fourth-order valence-electron chi connectivity index (χ4n) is 1.97. The van der Waals surface area contributed by atoms with Gasteiger partial charge in [-0.1, -0.05) is 6.07 Å². The van der Waals surface area contributed by atoms with Crippen molar-refractivity contribution in [3.63, 3.8) is 0 Å². The molecule has 5 heteroatoms. The lowest BCUT2D eigenvalue weighted by Gasteiger charge is -2.01. The molecule has 3 aromatic heterocycles. The smallest absolute Gasteiger partial charge is 0.139 e. The third-order valence-corrected chi connectivity index (χ3v) is 3.92. The average molecular weight is 317 g/mol. The van der Waals surface area contributed by atoms with Crippen molar-refractivity contribution >= 4 is 27.4 Å². The Morgan fingerprint density at radius 3 is 2.74 bits per heavy atom. The second kappa shape index (κ2) is 4.35. The van der Waals surface area contributed by atoms with Crippen molar-refractivity contribution in [3.8, 4) is 11.4 Å². The van der Waals surface area contributed by atoms with Crippen molar-refractivity contribution in [2.24, 2.45) is 0 Å². The first-order chi connectivity index (χ1) is 9.06. The van der Waals surface area contributed by atoms with Crippen LogP contribution in [0.3, 0.4) is 0 Å². The maximum Gasteiger partial charge on any atom is 0.139 e. The fraction of sp³-hybridized carbons (Fsp3) is 0.143. The summed E-state index contributed by atoms with van der Waals surface area (Å²) in [7, 11) is 0. The molecule has 0 spiro atoms. The second-order valence-electron chi connectivity index (χ2n) is 4.60. The Hall–Kier alpha value is -1.88. The summed E-state index contributed by atoms with van der Waals surface area (Å²) in [6.07, 6.45) is 3.75. The van der Waals surface area contributed by atoms with Gasteiger partial charge in [0.05, 0.1) is 5.69 Å². The lowest BCUT2D eigenvalue weighted by Crippen LogP contribution is -1.95. The third kappa shape index (κ3) is 2.00. The van der Waals surface area contributed by atoms with Gasteiger partial charge in [-0.2, -0.15) is 0 Å². The number of rotatable bonds is 1. The normalized spacial score (nSPS) is 11.1. The lowest BCUT2D eigenvalue weighted by atomic mass is 10.2. The number of fused-ring (bicyclic) bond motifs is 1. The van der Waals surface area contributed by atoms with Gasteiger partial charge in [-0.25, -0.2) is 4.98 Å². The van der Waals surface area contributed by atoms with Crippen molar-refractivity contribution in [3.05, 3.63) is 46.2 Å². The highest BCUT2D eigenvalue weighted by Gasteiger charge is 2.13. The average Bonchev–Trinajstić information content (AvgIpc) is 2.69. The number of hydrogen-bond acceptors (Lipinski definition) is 3.